The highest BCUT2D eigenvalue weighted by Gasteiger charge is 2.51. The minimum atomic E-state index is 0.104. The molecule has 4 aliphatic rings. The number of benzene rings is 1. The summed E-state index contributed by atoms with van der Waals surface area (Å²) in [6.45, 7) is 1.71. The van der Waals surface area contributed by atoms with Crippen molar-refractivity contribution >= 4 is 17.5 Å². The summed E-state index contributed by atoms with van der Waals surface area (Å²) in [6.07, 6.45) is 7.81. The van der Waals surface area contributed by atoms with Crippen LogP contribution in [0.5, 0.6) is 5.75 Å². The molecule has 4 fully saturated rings. The van der Waals surface area contributed by atoms with Crippen LogP contribution in [-0.2, 0) is 4.79 Å². The third kappa shape index (κ3) is 4.17. The minimum absolute atomic E-state index is 0.104. The van der Waals surface area contributed by atoms with Crippen LogP contribution in [0.25, 0.3) is 0 Å². The Morgan fingerprint density at radius 2 is 1.73 bits per heavy atom. The summed E-state index contributed by atoms with van der Waals surface area (Å²) in [5.41, 5.74) is 0.104. The van der Waals surface area contributed by atoms with Gasteiger partial charge in [0.15, 0.2) is 0 Å². The molecule has 0 saturated heterocycles. The van der Waals surface area contributed by atoms with Gasteiger partial charge in [0.1, 0.15) is 12.4 Å². The van der Waals surface area contributed by atoms with E-state index in [1.165, 1.54) is 38.5 Å². The van der Waals surface area contributed by atoms with E-state index in [9.17, 15) is 4.79 Å². The Labute approximate surface area is 161 Å². The van der Waals surface area contributed by atoms with Gasteiger partial charge in [-0.25, -0.2) is 0 Å². The van der Waals surface area contributed by atoms with Gasteiger partial charge >= 0.3 is 0 Å². The SMILES string of the molecule is CN(CCOc1ccc(Cl)cc1)CC(=O)NC12CC3CC(CC(C3)C1)C2. The molecule has 142 valence electrons. The first-order valence-electron chi connectivity index (χ1n) is 9.88. The minimum Gasteiger partial charge on any atom is -0.492 e. The van der Waals surface area contributed by atoms with Crippen molar-refractivity contribution in [3.63, 3.8) is 0 Å². The van der Waals surface area contributed by atoms with Crippen LogP contribution in [0.15, 0.2) is 24.3 Å². The average molecular weight is 377 g/mol. The Morgan fingerprint density at radius 3 is 2.31 bits per heavy atom. The number of amides is 1. The molecular weight excluding hydrogens is 348 g/mol. The second-order valence-corrected chi connectivity index (χ2v) is 9.22. The molecule has 4 nitrogen and oxygen atoms in total. The second kappa shape index (κ2) is 7.40. The van der Waals surface area contributed by atoms with Gasteiger partial charge in [0.05, 0.1) is 6.54 Å². The first-order valence-corrected chi connectivity index (χ1v) is 10.3. The van der Waals surface area contributed by atoms with Crippen LogP contribution in [0.2, 0.25) is 5.02 Å². The van der Waals surface area contributed by atoms with Crippen molar-refractivity contribution in [1.29, 1.82) is 0 Å². The summed E-state index contributed by atoms with van der Waals surface area (Å²) in [5, 5.41) is 4.14. The fourth-order valence-corrected chi connectivity index (χ4v) is 5.90. The van der Waals surface area contributed by atoms with Crippen molar-refractivity contribution in [3.8, 4) is 5.75 Å². The maximum Gasteiger partial charge on any atom is 0.234 e. The molecule has 1 aromatic rings. The van der Waals surface area contributed by atoms with Crippen molar-refractivity contribution in [3.05, 3.63) is 29.3 Å². The van der Waals surface area contributed by atoms with Gasteiger partial charge in [-0.3, -0.25) is 9.69 Å². The molecule has 0 aliphatic heterocycles. The summed E-state index contributed by atoms with van der Waals surface area (Å²) in [7, 11) is 1.98. The van der Waals surface area contributed by atoms with Crippen molar-refractivity contribution in [1.82, 2.24) is 10.2 Å². The highest BCUT2D eigenvalue weighted by molar-refractivity contribution is 6.30. The van der Waals surface area contributed by atoms with Gasteiger partial charge in [0.25, 0.3) is 0 Å². The fraction of sp³-hybridized carbons (Fsp3) is 0.667. The Morgan fingerprint density at radius 1 is 1.15 bits per heavy atom. The van der Waals surface area contributed by atoms with E-state index in [4.69, 9.17) is 16.3 Å². The fourth-order valence-electron chi connectivity index (χ4n) is 5.77. The molecule has 5 rings (SSSR count). The number of carbonyl (C=O) groups is 1. The molecule has 4 saturated carbocycles. The summed E-state index contributed by atoms with van der Waals surface area (Å²) in [4.78, 5) is 14.6. The van der Waals surface area contributed by atoms with Gasteiger partial charge < -0.3 is 10.1 Å². The Balaban J connectivity index is 1.21. The van der Waals surface area contributed by atoms with Crippen LogP contribution in [0.3, 0.4) is 0 Å². The first-order chi connectivity index (χ1) is 12.5. The van der Waals surface area contributed by atoms with E-state index in [-0.39, 0.29) is 11.4 Å². The van der Waals surface area contributed by atoms with E-state index in [0.717, 1.165) is 30.0 Å². The topological polar surface area (TPSA) is 41.6 Å². The lowest BCUT2D eigenvalue weighted by molar-refractivity contribution is -0.127. The number of halogens is 1. The highest BCUT2D eigenvalue weighted by atomic mass is 35.5. The van der Waals surface area contributed by atoms with Crippen LogP contribution in [-0.4, -0.2) is 43.1 Å². The maximum absolute atomic E-state index is 12.6. The highest BCUT2D eigenvalue weighted by Crippen LogP contribution is 2.55. The molecule has 1 amide bonds. The van der Waals surface area contributed by atoms with E-state index in [2.05, 4.69) is 5.32 Å². The van der Waals surface area contributed by atoms with Gasteiger partial charge in [-0.2, -0.15) is 0 Å². The number of rotatable bonds is 7. The number of nitrogens with zero attached hydrogens (tertiary/aromatic N) is 1. The van der Waals surface area contributed by atoms with Gasteiger partial charge in [-0.15, -0.1) is 0 Å². The summed E-state index contributed by atoms with van der Waals surface area (Å²) >= 11 is 5.87. The van der Waals surface area contributed by atoms with E-state index in [1.54, 1.807) is 0 Å². The largest absolute Gasteiger partial charge is 0.492 e. The number of hydrogen-bond donors (Lipinski definition) is 1. The van der Waals surface area contributed by atoms with Crippen LogP contribution in [0.1, 0.15) is 38.5 Å². The molecule has 1 aromatic carbocycles. The summed E-state index contributed by atoms with van der Waals surface area (Å²) in [5.74, 6) is 3.54. The summed E-state index contributed by atoms with van der Waals surface area (Å²) in [6, 6.07) is 7.36. The lowest BCUT2D eigenvalue weighted by Gasteiger charge is -2.57. The Kier molecular flexibility index (Phi) is 5.15. The summed E-state index contributed by atoms with van der Waals surface area (Å²) < 4.78 is 5.72. The zero-order chi connectivity index (χ0) is 18.1. The smallest absolute Gasteiger partial charge is 0.234 e. The molecule has 5 heteroatoms. The van der Waals surface area contributed by atoms with E-state index in [0.29, 0.717) is 18.2 Å². The van der Waals surface area contributed by atoms with Crippen LogP contribution in [0.4, 0.5) is 0 Å². The van der Waals surface area contributed by atoms with Crippen LogP contribution in [0, 0.1) is 17.8 Å². The predicted octanol–water partition coefficient (Wildman–Crippen LogP) is 3.74. The molecule has 0 unspecified atom stereocenters. The maximum atomic E-state index is 12.6. The number of carbonyl (C=O) groups excluding carboxylic acids is 1. The van der Waals surface area contributed by atoms with Gasteiger partial charge in [-0.1, -0.05) is 11.6 Å². The average Bonchev–Trinajstić information content (AvgIpc) is 2.54. The molecule has 4 aliphatic carbocycles. The van der Waals surface area contributed by atoms with Crippen molar-refractivity contribution in [2.24, 2.45) is 17.8 Å². The number of nitrogens with one attached hydrogen (secondary N) is 1. The number of hydrogen-bond acceptors (Lipinski definition) is 3. The van der Waals surface area contributed by atoms with Gasteiger partial charge in [0.2, 0.25) is 5.91 Å². The monoisotopic (exact) mass is 376 g/mol. The molecule has 26 heavy (non-hydrogen) atoms. The standard InChI is InChI=1S/C21H29ClN2O2/c1-24(6-7-26-19-4-2-18(22)3-5-19)14-20(25)23-21-11-15-8-16(12-21)10-17(9-15)13-21/h2-5,15-17H,6-14H2,1H3,(H,23,25). The molecule has 4 bridgehead atoms. The first kappa shape index (κ1) is 18.1. The molecule has 1 N–H and O–H groups in total. The van der Waals surface area contributed by atoms with E-state index >= 15 is 0 Å². The molecule has 0 spiro atoms. The third-order valence-corrected chi connectivity index (χ3v) is 6.66. The predicted molar refractivity (Wildman–Crippen MR) is 103 cm³/mol. The van der Waals surface area contributed by atoms with E-state index < -0.39 is 0 Å². The Bertz CT molecular complexity index is 611. The second-order valence-electron chi connectivity index (χ2n) is 8.79. The molecule has 0 heterocycles. The van der Waals surface area contributed by atoms with Crippen LogP contribution >= 0.6 is 11.6 Å². The van der Waals surface area contributed by atoms with E-state index in [1.807, 2.05) is 36.2 Å². The lowest BCUT2D eigenvalue weighted by Crippen LogP contribution is -2.60. The number of likely N-dealkylation sites (N-methyl/N-ethyl adjacent to an activating group) is 1. The molecule has 0 aromatic heterocycles. The van der Waals surface area contributed by atoms with Crippen molar-refractivity contribution in [2.45, 2.75) is 44.1 Å². The van der Waals surface area contributed by atoms with Gasteiger partial charge in [-0.05, 0) is 87.6 Å². The quantitative estimate of drug-likeness (QED) is 0.788. The van der Waals surface area contributed by atoms with Crippen molar-refractivity contribution in [2.75, 3.05) is 26.7 Å². The number of ether oxygens (including phenoxy) is 1. The normalized spacial score (nSPS) is 32.0. The lowest BCUT2D eigenvalue weighted by atomic mass is 9.53. The Hall–Kier alpha value is -1.26. The van der Waals surface area contributed by atoms with Crippen molar-refractivity contribution < 1.29 is 9.53 Å². The van der Waals surface area contributed by atoms with Gasteiger partial charge in [0, 0.05) is 17.1 Å². The molecular formula is C21H29ClN2O2. The zero-order valence-electron chi connectivity index (χ0n) is 15.5. The molecule has 0 radical (unpaired) electrons. The van der Waals surface area contributed by atoms with Crippen LogP contribution < -0.4 is 10.1 Å². The molecule has 0 atom stereocenters. The third-order valence-electron chi connectivity index (χ3n) is 6.41. The zero-order valence-corrected chi connectivity index (χ0v) is 16.3.